The zero-order chi connectivity index (χ0) is 12.9. The normalized spacial score (nSPS) is 22.8. The third-order valence-electron chi connectivity index (χ3n) is 3.43. The Morgan fingerprint density at radius 3 is 2.94 bits per heavy atom. The largest absolute Gasteiger partial charge is 0.371 e. The van der Waals surface area contributed by atoms with Gasteiger partial charge in [0.15, 0.2) is 5.82 Å². The number of piperazine rings is 1. The number of likely N-dealkylation sites (N-methyl/N-ethyl adjacent to an activating group) is 1. The van der Waals surface area contributed by atoms with E-state index in [9.17, 15) is 13.6 Å². The summed E-state index contributed by atoms with van der Waals surface area (Å²) in [5, 5.41) is 3.00. The summed E-state index contributed by atoms with van der Waals surface area (Å²) in [5.41, 5.74) is 0.626. The number of amides is 1. The van der Waals surface area contributed by atoms with Crippen LogP contribution in [0, 0.1) is 11.6 Å². The van der Waals surface area contributed by atoms with Gasteiger partial charge in [0.1, 0.15) is 11.5 Å². The van der Waals surface area contributed by atoms with Crippen molar-refractivity contribution in [2.24, 2.45) is 0 Å². The van der Waals surface area contributed by atoms with Gasteiger partial charge in [-0.05, 0) is 6.07 Å². The summed E-state index contributed by atoms with van der Waals surface area (Å²) < 4.78 is 27.2. The van der Waals surface area contributed by atoms with Gasteiger partial charge in [-0.3, -0.25) is 4.79 Å². The van der Waals surface area contributed by atoms with Crippen molar-refractivity contribution in [3.8, 4) is 0 Å². The van der Waals surface area contributed by atoms with Crippen LogP contribution in [-0.2, 0) is 4.79 Å². The number of anilines is 2. The van der Waals surface area contributed by atoms with E-state index in [-0.39, 0.29) is 24.2 Å². The number of nitrogens with zero attached hydrogens (tertiary/aromatic N) is 2. The molecule has 4 nitrogen and oxygen atoms in total. The van der Waals surface area contributed by atoms with Crippen molar-refractivity contribution < 1.29 is 13.6 Å². The first-order valence-corrected chi connectivity index (χ1v) is 5.81. The maximum Gasteiger partial charge on any atom is 0.241 e. The molecule has 3 rings (SSSR count). The summed E-state index contributed by atoms with van der Waals surface area (Å²) >= 11 is 0. The Balaban J connectivity index is 2.17. The molecule has 2 heterocycles. The van der Waals surface area contributed by atoms with E-state index in [1.807, 2.05) is 0 Å². The van der Waals surface area contributed by atoms with Gasteiger partial charge in [-0.2, -0.15) is 0 Å². The number of carbonyl (C=O) groups excluding carboxylic acids is 1. The summed E-state index contributed by atoms with van der Waals surface area (Å²) in [6.07, 6.45) is 0. The van der Waals surface area contributed by atoms with Crippen molar-refractivity contribution >= 4 is 17.3 Å². The van der Waals surface area contributed by atoms with Gasteiger partial charge < -0.3 is 15.1 Å². The molecule has 1 aromatic carbocycles. The maximum absolute atomic E-state index is 14.0. The monoisotopic (exact) mass is 253 g/mol. The zero-order valence-electron chi connectivity index (χ0n) is 9.91. The average Bonchev–Trinajstić information content (AvgIpc) is 2.29. The Morgan fingerprint density at radius 1 is 1.39 bits per heavy atom. The molecule has 0 aliphatic carbocycles. The summed E-state index contributed by atoms with van der Waals surface area (Å²) in [5.74, 6) is -1.48. The van der Waals surface area contributed by atoms with Crippen molar-refractivity contribution in [1.82, 2.24) is 5.32 Å². The van der Waals surface area contributed by atoms with Gasteiger partial charge in [0.25, 0.3) is 0 Å². The number of carbonyl (C=O) groups is 1. The summed E-state index contributed by atoms with van der Waals surface area (Å²) in [6.45, 7) is 1.37. The van der Waals surface area contributed by atoms with Crippen LogP contribution in [0.2, 0.25) is 0 Å². The molecule has 2 aliphatic heterocycles. The lowest BCUT2D eigenvalue weighted by molar-refractivity contribution is -0.119. The highest BCUT2D eigenvalue weighted by Crippen LogP contribution is 2.38. The molecule has 1 amide bonds. The number of hydrogen-bond acceptors (Lipinski definition) is 3. The molecule has 0 spiro atoms. The second-order valence-electron chi connectivity index (χ2n) is 4.68. The lowest BCUT2D eigenvalue weighted by Gasteiger charge is -2.44. The fraction of sp³-hybridized carbons (Fsp3) is 0.417. The molecule has 0 aromatic heterocycles. The van der Waals surface area contributed by atoms with Crippen molar-refractivity contribution in [3.63, 3.8) is 0 Å². The van der Waals surface area contributed by atoms with E-state index < -0.39 is 11.6 Å². The first-order valence-electron chi connectivity index (χ1n) is 5.81. The summed E-state index contributed by atoms with van der Waals surface area (Å²) in [6, 6.07) is 1.98. The molecule has 1 unspecified atom stereocenters. The van der Waals surface area contributed by atoms with E-state index in [0.29, 0.717) is 18.8 Å². The minimum absolute atomic E-state index is 0.108. The van der Waals surface area contributed by atoms with Gasteiger partial charge in [0.2, 0.25) is 5.91 Å². The molecule has 1 N–H and O–H groups in total. The molecular formula is C12H13F2N3O. The molecule has 18 heavy (non-hydrogen) atoms. The van der Waals surface area contributed by atoms with E-state index >= 15 is 0 Å². The Kier molecular flexibility index (Phi) is 2.48. The van der Waals surface area contributed by atoms with Crippen LogP contribution in [0.5, 0.6) is 0 Å². The highest BCUT2D eigenvalue weighted by molar-refractivity contribution is 6.00. The summed E-state index contributed by atoms with van der Waals surface area (Å²) in [7, 11) is 1.77. The zero-order valence-corrected chi connectivity index (χ0v) is 9.91. The van der Waals surface area contributed by atoms with E-state index in [4.69, 9.17) is 0 Å². The minimum Gasteiger partial charge on any atom is -0.371 e. The Bertz CT molecular complexity index is 520. The van der Waals surface area contributed by atoms with Crippen molar-refractivity contribution in [3.05, 3.63) is 23.8 Å². The molecule has 1 aromatic rings. The standard InChI is InChI=1S/C12H13F2N3O/c1-16-6-8-4-15-5-11(18)17(8)12-9(14)2-7(13)3-10(12)16/h2-3,8,15H,4-6H2,1H3. The van der Waals surface area contributed by atoms with Gasteiger partial charge in [-0.15, -0.1) is 0 Å². The molecule has 0 radical (unpaired) electrons. The van der Waals surface area contributed by atoms with Crippen LogP contribution in [-0.4, -0.2) is 38.6 Å². The third kappa shape index (κ3) is 1.56. The molecule has 0 saturated carbocycles. The van der Waals surface area contributed by atoms with E-state index in [2.05, 4.69) is 5.32 Å². The predicted octanol–water partition coefficient (Wildman–Crippen LogP) is 0.719. The van der Waals surface area contributed by atoms with Crippen molar-refractivity contribution in [2.75, 3.05) is 36.5 Å². The fourth-order valence-corrected chi connectivity index (χ4v) is 2.68. The number of benzene rings is 1. The van der Waals surface area contributed by atoms with Crippen LogP contribution < -0.4 is 15.1 Å². The number of hydrogen-bond donors (Lipinski definition) is 1. The average molecular weight is 253 g/mol. The van der Waals surface area contributed by atoms with Crippen molar-refractivity contribution in [1.29, 1.82) is 0 Å². The Hall–Kier alpha value is -1.69. The summed E-state index contributed by atoms with van der Waals surface area (Å²) in [4.78, 5) is 15.2. The first-order chi connectivity index (χ1) is 8.58. The molecule has 96 valence electrons. The fourth-order valence-electron chi connectivity index (χ4n) is 2.68. The van der Waals surface area contributed by atoms with E-state index in [0.717, 1.165) is 6.07 Å². The predicted molar refractivity (Wildman–Crippen MR) is 63.8 cm³/mol. The van der Waals surface area contributed by atoms with Crippen LogP contribution in [0.1, 0.15) is 0 Å². The third-order valence-corrected chi connectivity index (χ3v) is 3.43. The van der Waals surface area contributed by atoms with Gasteiger partial charge in [-0.25, -0.2) is 8.78 Å². The number of nitrogens with one attached hydrogen (secondary N) is 1. The second kappa shape index (κ2) is 3.91. The topological polar surface area (TPSA) is 35.6 Å². The second-order valence-corrected chi connectivity index (χ2v) is 4.68. The minimum atomic E-state index is -0.684. The molecular weight excluding hydrogens is 240 g/mol. The van der Waals surface area contributed by atoms with Crippen LogP contribution in [0.4, 0.5) is 20.2 Å². The smallest absolute Gasteiger partial charge is 0.241 e. The van der Waals surface area contributed by atoms with Gasteiger partial charge in [0, 0.05) is 26.2 Å². The SMILES string of the molecule is CN1CC2CNCC(=O)N2c2c(F)cc(F)cc21. The van der Waals surface area contributed by atoms with E-state index in [1.165, 1.54) is 11.0 Å². The molecule has 1 atom stereocenters. The van der Waals surface area contributed by atoms with Crippen LogP contribution in [0.3, 0.4) is 0 Å². The highest BCUT2D eigenvalue weighted by Gasteiger charge is 2.37. The van der Waals surface area contributed by atoms with Gasteiger partial charge >= 0.3 is 0 Å². The number of rotatable bonds is 0. The Morgan fingerprint density at radius 2 is 2.17 bits per heavy atom. The quantitative estimate of drug-likeness (QED) is 0.740. The van der Waals surface area contributed by atoms with Crippen LogP contribution in [0.15, 0.2) is 12.1 Å². The Labute approximate surface area is 103 Å². The molecule has 6 heteroatoms. The molecule has 1 fully saturated rings. The molecule has 2 aliphatic rings. The number of fused-ring (bicyclic) bond motifs is 3. The number of halogens is 2. The van der Waals surface area contributed by atoms with Crippen molar-refractivity contribution in [2.45, 2.75) is 6.04 Å². The maximum atomic E-state index is 14.0. The van der Waals surface area contributed by atoms with Crippen LogP contribution >= 0.6 is 0 Å². The van der Waals surface area contributed by atoms with Gasteiger partial charge in [-0.1, -0.05) is 0 Å². The lowest BCUT2D eigenvalue weighted by Crippen LogP contribution is -2.61. The highest BCUT2D eigenvalue weighted by atomic mass is 19.1. The van der Waals surface area contributed by atoms with Crippen LogP contribution in [0.25, 0.3) is 0 Å². The molecule has 0 bridgehead atoms. The first kappa shape index (κ1) is 11.4. The van der Waals surface area contributed by atoms with Gasteiger partial charge in [0.05, 0.1) is 18.3 Å². The molecule has 1 saturated heterocycles. The van der Waals surface area contributed by atoms with E-state index in [1.54, 1.807) is 11.9 Å². The lowest BCUT2D eigenvalue weighted by atomic mass is 10.0.